The van der Waals surface area contributed by atoms with Crippen LogP contribution in [-0.4, -0.2) is 78.5 Å². The second-order valence-electron chi connectivity index (χ2n) is 14.2. The zero-order chi connectivity index (χ0) is 39.0. The van der Waals surface area contributed by atoms with Crippen LogP contribution in [0, 0.1) is 0 Å². The quantitative estimate of drug-likeness (QED) is 0.101. The Morgan fingerprint density at radius 2 is 1.76 bits per heavy atom. The second kappa shape index (κ2) is 15.7. The van der Waals surface area contributed by atoms with E-state index in [0.717, 1.165) is 30.6 Å². The molecule has 17 heteroatoms. The van der Waals surface area contributed by atoms with Crippen molar-refractivity contribution < 1.29 is 28.2 Å². The van der Waals surface area contributed by atoms with E-state index in [1.165, 1.54) is 7.11 Å². The van der Waals surface area contributed by atoms with Crippen molar-refractivity contribution in [3.8, 4) is 11.1 Å². The number of esters is 1. The van der Waals surface area contributed by atoms with Crippen molar-refractivity contribution in [3.63, 3.8) is 0 Å². The number of nitrogens with one attached hydrogen (secondary N) is 3. The summed E-state index contributed by atoms with van der Waals surface area (Å²) in [5.41, 5.74) is 2.95. The summed E-state index contributed by atoms with van der Waals surface area (Å²) in [7, 11) is 1.34. The van der Waals surface area contributed by atoms with Crippen LogP contribution in [0.5, 0.6) is 0 Å². The van der Waals surface area contributed by atoms with Crippen molar-refractivity contribution in [1.82, 2.24) is 34.9 Å². The molecule has 0 spiro atoms. The van der Waals surface area contributed by atoms with Gasteiger partial charge in [-0.05, 0) is 62.9 Å². The molecule has 2 aliphatic rings. The number of carbonyl (C=O) groups is 2. The van der Waals surface area contributed by atoms with Gasteiger partial charge in [0.1, 0.15) is 11.1 Å². The molecule has 0 bridgehead atoms. The Labute approximate surface area is 325 Å². The number of anilines is 3. The van der Waals surface area contributed by atoms with Gasteiger partial charge in [-0.25, -0.2) is 18.7 Å². The molecule has 1 amide bonds. The maximum absolute atomic E-state index is 14.0. The van der Waals surface area contributed by atoms with Crippen molar-refractivity contribution in [3.05, 3.63) is 87.5 Å². The van der Waals surface area contributed by atoms with Gasteiger partial charge in [-0.3, -0.25) is 29.5 Å². The maximum atomic E-state index is 14.0. The molecule has 5 heterocycles. The van der Waals surface area contributed by atoms with Crippen LogP contribution in [0.3, 0.4) is 0 Å². The van der Waals surface area contributed by atoms with Crippen LogP contribution in [0.25, 0.3) is 22.2 Å². The van der Waals surface area contributed by atoms with Crippen LogP contribution in [0.2, 0.25) is 10.0 Å². The van der Waals surface area contributed by atoms with E-state index in [1.807, 2.05) is 0 Å². The highest BCUT2D eigenvalue weighted by atomic mass is 35.5. The van der Waals surface area contributed by atoms with Crippen LogP contribution >= 0.6 is 23.2 Å². The third-order valence-corrected chi connectivity index (χ3v) is 10.6. The fraction of sp³-hybridized carbons (Fsp3) is 0.368. The number of amides is 1. The lowest BCUT2D eigenvalue weighted by Crippen LogP contribution is -2.50. The predicted octanol–water partition coefficient (Wildman–Crippen LogP) is 7.07. The molecule has 0 saturated carbocycles. The van der Waals surface area contributed by atoms with E-state index in [-0.39, 0.29) is 38.6 Å². The minimum absolute atomic E-state index is 0.0451. The van der Waals surface area contributed by atoms with Crippen LogP contribution in [-0.2, 0) is 22.6 Å². The molecule has 13 nitrogen and oxygen atoms in total. The molecule has 1 unspecified atom stereocenters. The SMILES string of the molecule is COC(=O)C(C)(C)NC1CCCn2nc(C(=O)Nc3cccc(-c4cccc(Nc5nc(C(F)F)nc6cc(CN7CC[C@@H](O)C7)cnc56)c4Cl)c3Cl)cc21. The van der Waals surface area contributed by atoms with Crippen molar-refractivity contribution in [2.45, 2.75) is 70.3 Å². The molecule has 0 aliphatic carbocycles. The summed E-state index contributed by atoms with van der Waals surface area (Å²) in [6, 6.07) is 13.4. The summed E-state index contributed by atoms with van der Waals surface area (Å²) in [5, 5.41) is 24.2. The molecule has 1 fully saturated rings. The van der Waals surface area contributed by atoms with E-state index in [9.17, 15) is 23.5 Å². The van der Waals surface area contributed by atoms with Gasteiger partial charge >= 0.3 is 5.97 Å². The summed E-state index contributed by atoms with van der Waals surface area (Å²) in [4.78, 5) is 40.6. The zero-order valence-electron chi connectivity index (χ0n) is 30.2. The molecule has 2 aromatic carbocycles. The summed E-state index contributed by atoms with van der Waals surface area (Å²) in [6.07, 6.45) is 0.526. The number of aromatic nitrogens is 5. The Morgan fingerprint density at radius 3 is 2.45 bits per heavy atom. The van der Waals surface area contributed by atoms with Gasteiger partial charge in [-0.15, -0.1) is 0 Å². The topological polar surface area (TPSA) is 159 Å². The van der Waals surface area contributed by atoms with E-state index in [0.29, 0.717) is 48.6 Å². The normalized spacial score (nSPS) is 17.4. The lowest BCUT2D eigenvalue weighted by atomic mass is 9.98. The first kappa shape index (κ1) is 38.5. The number of methoxy groups -OCH3 is 1. The van der Waals surface area contributed by atoms with E-state index in [2.05, 4.69) is 40.9 Å². The number of nitrogens with zero attached hydrogens (tertiary/aromatic N) is 6. The number of carbonyl (C=O) groups excluding carboxylic acids is 2. The van der Waals surface area contributed by atoms with E-state index < -0.39 is 35.8 Å². The number of rotatable bonds is 11. The number of β-amino-alcohol motifs (C(OH)–C–C–N with tert-alkyl or cyclic N) is 1. The Balaban J connectivity index is 1.13. The Hall–Kier alpha value is -4.80. The fourth-order valence-electron chi connectivity index (χ4n) is 7.04. The summed E-state index contributed by atoms with van der Waals surface area (Å²) >= 11 is 13.9. The van der Waals surface area contributed by atoms with E-state index in [1.54, 1.807) is 73.3 Å². The van der Waals surface area contributed by atoms with Gasteiger partial charge in [0.15, 0.2) is 17.3 Å². The minimum Gasteiger partial charge on any atom is -0.468 e. The van der Waals surface area contributed by atoms with Gasteiger partial charge in [-0.1, -0.05) is 47.5 Å². The largest absolute Gasteiger partial charge is 0.468 e. The van der Waals surface area contributed by atoms with E-state index >= 15 is 0 Å². The Kier molecular flexibility index (Phi) is 11.0. The van der Waals surface area contributed by atoms with Gasteiger partial charge in [0, 0.05) is 43.5 Å². The van der Waals surface area contributed by atoms with Crippen LogP contribution in [0.15, 0.2) is 54.7 Å². The molecule has 55 heavy (non-hydrogen) atoms. The average Bonchev–Trinajstić information content (AvgIpc) is 3.79. The van der Waals surface area contributed by atoms with Crippen molar-refractivity contribution in [2.24, 2.45) is 0 Å². The third kappa shape index (κ3) is 8.12. The van der Waals surface area contributed by atoms with Gasteiger partial charge in [-0.2, -0.15) is 5.10 Å². The van der Waals surface area contributed by atoms with Gasteiger partial charge < -0.3 is 20.5 Å². The number of aliphatic hydroxyl groups is 1. The highest BCUT2D eigenvalue weighted by Gasteiger charge is 2.35. The first-order valence-electron chi connectivity index (χ1n) is 17.8. The minimum atomic E-state index is -2.94. The maximum Gasteiger partial charge on any atom is 0.325 e. The fourth-order valence-corrected chi connectivity index (χ4v) is 7.59. The summed E-state index contributed by atoms with van der Waals surface area (Å²) in [5.74, 6) is -1.50. The Morgan fingerprint density at radius 1 is 1.04 bits per heavy atom. The molecule has 0 radical (unpaired) electrons. The van der Waals surface area contributed by atoms with E-state index in [4.69, 9.17) is 27.9 Å². The van der Waals surface area contributed by atoms with Gasteiger partial charge in [0.25, 0.3) is 12.3 Å². The smallest absolute Gasteiger partial charge is 0.325 e. The highest BCUT2D eigenvalue weighted by Crippen LogP contribution is 2.41. The molecular formula is C38H39Cl2F2N9O4. The molecular weight excluding hydrogens is 755 g/mol. The van der Waals surface area contributed by atoms with Crippen molar-refractivity contribution in [2.75, 3.05) is 30.8 Å². The number of aliphatic hydroxyl groups excluding tert-OH is 1. The first-order chi connectivity index (χ1) is 26.3. The number of alkyl halides is 2. The molecule has 1 saturated heterocycles. The lowest BCUT2D eigenvalue weighted by Gasteiger charge is -2.32. The molecule has 2 aliphatic heterocycles. The predicted molar refractivity (Wildman–Crippen MR) is 205 cm³/mol. The number of likely N-dealkylation sites (tertiary alicyclic amines) is 1. The molecule has 2 atom stereocenters. The Bertz CT molecular complexity index is 2270. The highest BCUT2D eigenvalue weighted by molar-refractivity contribution is 6.39. The third-order valence-electron chi connectivity index (χ3n) is 9.74. The van der Waals surface area contributed by atoms with Crippen LogP contribution < -0.4 is 16.0 Å². The van der Waals surface area contributed by atoms with Gasteiger partial charge in [0.2, 0.25) is 0 Å². The van der Waals surface area contributed by atoms with Crippen molar-refractivity contribution in [1.29, 1.82) is 0 Å². The summed E-state index contributed by atoms with van der Waals surface area (Å²) in [6.45, 7) is 5.84. The number of halogens is 4. The number of hydrogen-bond acceptors (Lipinski definition) is 11. The molecule has 288 valence electrons. The number of ether oxygens (including phenoxy) is 1. The second-order valence-corrected chi connectivity index (χ2v) is 14.9. The average molecular weight is 795 g/mol. The number of benzene rings is 2. The van der Waals surface area contributed by atoms with Crippen LogP contribution in [0.4, 0.5) is 26.0 Å². The first-order valence-corrected chi connectivity index (χ1v) is 18.5. The number of pyridine rings is 1. The zero-order valence-corrected chi connectivity index (χ0v) is 31.8. The van der Waals surface area contributed by atoms with Gasteiger partial charge in [0.05, 0.1) is 51.9 Å². The van der Waals surface area contributed by atoms with Crippen LogP contribution in [0.1, 0.15) is 73.1 Å². The number of hydrogen-bond donors (Lipinski definition) is 4. The summed E-state index contributed by atoms with van der Waals surface area (Å²) < 4.78 is 34.7. The monoisotopic (exact) mass is 793 g/mol. The standard InChI is InChI=1S/C38H39Cl2F2N9O4/c1-38(2,37(54)55-3)48-24-11-6-13-51-29(24)16-28(49-51)36(53)46-26-10-5-8-23(31(26)40)22-7-4-9-25(30(22)39)44-34-32-27(45-35(47-34)33(41)42)15-20(17-43-32)18-50-14-12-21(52)19-50/h4-5,7-10,15-17,21,24,33,48,52H,6,11-14,18-19H2,1-3H3,(H,46,53)(H,44,45,47)/t21-,24?/m1/s1. The number of aryl methyl sites for hydroxylation is 1. The molecule has 7 rings (SSSR count). The number of fused-ring (bicyclic) bond motifs is 2. The van der Waals surface area contributed by atoms with Crippen molar-refractivity contribution >= 4 is 63.3 Å². The lowest BCUT2D eigenvalue weighted by molar-refractivity contribution is -0.147. The molecule has 3 aromatic heterocycles. The molecule has 5 aromatic rings. The molecule has 4 N–H and O–H groups in total.